The molecule has 1 aromatic carbocycles. The first-order valence-electron chi connectivity index (χ1n) is 10.9. The lowest BCUT2D eigenvalue weighted by atomic mass is 9.68. The van der Waals surface area contributed by atoms with Gasteiger partial charge in [-0.3, -0.25) is 19.0 Å². The Morgan fingerprint density at radius 1 is 1.22 bits per heavy atom. The molecule has 1 aliphatic carbocycles. The normalized spacial score (nSPS) is 17.4. The van der Waals surface area contributed by atoms with Crippen LogP contribution in [0.1, 0.15) is 54.6 Å². The molecule has 0 bridgehead atoms. The highest BCUT2D eigenvalue weighted by atomic mass is 19.1. The fourth-order valence-corrected chi connectivity index (χ4v) is 4.78. The number of aliphatic hydroxyl groups excluding tert-OH is 1. The number of halogens is 1. The fraction of sp³-hybridized carbons (Fsp3) is 0.458. The van der Waals surface area contributed by atoms with Crippen molar-refractivity contribution in [2.24, 2.45) is 5.41 Å². The molecule has 2 N–H and O–H groups in total. The standard InChI is InChI=1S/C24H28FN3O4/c1-24(2)11-17(12-24)26-22(31)21-19-7-9-27(20(30)8-10-29)13-15(19)14-28(23(21)32)18-5-3-16(25)4-6-18/h3-6,14,17,29H,7-13H2,1-2H3,(H,26,31). The smallest absolute Gasteiger partial charge is 0.268 e. The van der Waals surface area contributed by atoms with Crippen LogP contribution in [0, 0.1) is 11.2 Å². The number of amides is 2. The topological polar surface area (TPSA) is 91.6 Å². The molecule has 0 saturated heterocycles. The lowest BCUT2D eigenvalue weighted by Crippen LogP contribution is -2.50. The molecule has 1 aliphatic heterocycles. The molecule has 4 rings (SSSR count). The summed E-state index contributed by atoms with van der Waals surface area (Å²) in [7, 11) is 0. The van der Waals surface area contributed by atoms with E-state index in [0.29, 0.717) is 29.8 Å². The van der Waals surface area contributed by atoms with E-state index in [1.807, 2.05) is 0 Å². The van der Waals surface area contributed by atoms with E-state index in [4.69, 9.17) is 5.11 Å². The highest BCUT2D eigenvalue weighted by molar-refractivity contribution is 5.96. The fourth-order valence-electron chi connectivity index (χ4n) is 4.78. The van der Waals surface area contributed by atoms with E-state index in [1.54, 1.807) is 11.1 Å². The second-order valence-corrected chi connectivity index (χ2v) is 9.44. The second kappa shape index (κ2) is 8.50. The van der Waals surface area contributed by atoms with Gasteiger partial charge in [-0.2, -0.15) is 0 Å². The van der Waals surface area contributed by atoms with Crippen molar-refractivity contribution < 1.29 is 19.1 Å². The number of hydrogen-bond acceptors (Lipinski definition) is 4. The van der Waals surface area contributed by atoms with Crippen molar-refractivity contribution in [3.05, 3.63) is 63.3 Å². The highest BCUT2D eigenvalue weighted by Crippen LogP contribution is 2.40. The van der Waals surface area contributed by atoms with Crippen LogP contribution in [0.15, 0.2) is 35.3 Å². The van der Waals surface area contributed by atoms with Gasteiger partial charge in [0.2, 0.25) is 5.91 Å². The van der Waals surface area contributed by atoms with Gasteiger partial charge in [0, 0.05) is 37.4 Å². The Morgan fingerprint density at radius 3 is 2.53 bits per heavy atom. The number of rotatable bonds is 5. The summed E-state index contributed by atoms with van der Waals surface area (Å²) in [6, 6.07) is 5.51. The summed E-state index contributed by atoms with van der Waals surface area (Å²) >= 11 is 0. The zero-order chi connectivity index (χ0) is 23.0. The molecule has 0 radical (unpaired) electrons. The minimum atomic E-state index is -0.457. The van der Waals surface area contributed by atoms with Crippen LogP contribution in [-0.2, 0) is 17.8 Å². The molecule has 0 unspecified atom stereocenters. The van der Waals surface area contributed by atoms with Crippen molar-refractivity contribution in [3.63, 3.8) is 0 Å². The van der Waals surface area contributed by atoms with Crippen molar-refractivity contribution in [1.82, 2.24) is 14.8 Å². The zero-order valence-electron chi connectivity index (χ0n) is 18.4. The second-order valence-electron chi connectivity index (χ2n) is 9.44. The van der Waals surface area contributed by atoms with Gasteiger partial charge in [0.1, 0.15) is 11.4 Å². The number of benzene rings is 1. The number of nitrogens with one attached hydrogen (secondary N) is 1. The Labute approximate surface area is 185 Å². The molecular weight excluding hydrogens is 413 g/mol. The molecule has 1 aromatic heterocycles. The van der Waals surface area contributed by atoms with Gasteiger partial charge in [0.05, 0.1) is 6.61 Å². The van der Waals surface area contributed by atoms with E-state index in [2.05, 4.69) is 19.2 Å². The Bertz CT molecular complexity index is 1100. The first-order chi connectivity index (χ1) is 15.2. The van der Waals surface area contributed by atoms with E-state index >= 15 is 0 Å². The van der Waals surface area contributed by atoms with Crippen molar-refractivity contribution in [2.75, 3.05) is 13.2 Å². The van der Waals surface area contributed by atoms with Crippen molar-refractivity contribution in [2.45, 2.75) is 52.1 Å². The molecule has 2 aromatic rings. The van der Waals surface area contributed by atoms with E-state index in [9.17, 15) is 18.8 Å². The first kappa shape index (κ1) is 22.2. The van der Waals surface area contributed by atoms with E-state index in [1.165, 1.54) is 28.8 Å². The van der Waals surface area contributed by atoms with Crippen LogP contribution in [-0.4, -0.2) is 45.6 Å². The molecule has 32 heavy (non-hydrogen) atoms. The summed E-state index contributed by atoms with van der Waals surface area (Å²) in [5.74, 6) is -1.01. The van der Waals surface area contributed by atoms with Crippen LogP contribution in [0.2, 0.25) is 0 Å². The van der Waals surface area contributed by atoms with Crippen LogP contribution < -0.4 is 10.9 Å². The Kier molecular flexibility index (Phi) is 5.90. The third kappa shape index (κ3) is 4.32. The van der Waals surface area contributed by atoms with Gasteiger partial charge < -0.3 is 15.3 Å². The first-order valence-corrected chi connectivity index (χ1v) is 10.9. The van der Waals surface area contributed by atoms with Crippen molar-refractivity contribution >= 4 is 11.8 Å². The number of carbonyl (C=O) groups excluding carboxylic acids is 2. The van der Waals surface area contributed by atoms with Gasteiger partial charge in [-0.15, -0.1) is 0 Å². The monoisotopic (exact) mass is 441 g/mol. The van der Waals surface area contributed by atoms with Gasteiger partial charge in [-0.05, 0) is 60.1 Å². The largest absolute Gasteiger partial charge is 0.396 e. The molecule has 2 aliphatic rings. The van der Waals surface area contributed by atoms with Crippen LogP contribution in [0.3, 0.4) is 0 Å². The molecule has 0 spiro atoms. The van der Waals surface area contributed by atoms with Crippen LogP contribution in [0.5, 0.6) is 0 Å². The SMILES string of the molecule is CC1(C)CC(NC(=O)c2c3c(cn(-c4ccc(F)cc4)c2=O)CN(C(=O)CCO)CC3)C1. The summed E-state index contributed by atoms with van der Waals surface area (Å²) in [6.07, 6.45) is 3.74. The number of fused-ring (bicyclic) bond motifs is 1. The molecule has 8 heteroatoms. The maximum Gasteiger partial charge on any atom is 0.268 e. The van der Waals surface area contributed by atoms with E-state index < -0.39 is 17.3 Å². The van der Waals surface area contributed by atoms with E-state index in [0.717, 1.165) is 12.8 Å². The van der Waals surface area contributed by atoms with Gasteiger partial charge in [0.25, 0.3) is 11.5 Å². The lowest BCUT2D eigenvalue weighted by Gasteiger charge is -2.43. The highest BCUT2D eigenvalue weighted by Gasteiger charge is 2.38. The molecule has 7 nitrogen and oxygen atoms in total. The predicted octanol–water partition coefficient (Wildman–Crippen LogP) is 2.16. The van der Waals surface area contributed by atoms with E-state index in [-0.39, 0.29) is 42.5 Å². The maximum atomic E-state index is 13.4. The molecular formula is C24H28FN3O4. The Morgan fingerprint density at radius 2 is 1.91 bits per heavy atom. The third-order valence-corrected chi connectivity index (χ3v) is 6.34. The average Bonchev–Trinajstić information content (AvgIpc) is 2.72. The minimum absolute atomic E-state index is 0.0255. The zero-order valence-corrected chi connectivity index (χ0v) is 18.4. The molecule has 170 valence electrons. The van der Waals surface area contributed by atoms with Gasteiger partial charge in [0.15, 0.2) is 0 Å². The van der Waals surface area contributed by atoms with Crippen molar-refractivity contribution in [3.8, 4) is 5.69 Å². The molecule has 0 atom stereocenters. The Hall–Kier alpha value is -3.00. The molecule has 2 heterocycles. The number of aromatic nitrogens is 1. The summed E-state index contributed by atoms with van der Waals surface area (Å²) < 4.78 is 14.8. The summed E-state index contributed by atoms with van der Waals surface area (Å²) in [5.41, 5.74) is 1.60. The number of pyridine rings is 1. The minimum Gasteiger partial charge on any atom is -0.396 e. The average molecular weight is 442 g/mol. The van der Waals surface area contributed by atoms with Crippen LogP contribution in [0.4, 0.5) is 4.39 Å². The Balaban J connectivity index is 1.74. The molecule has 2 amide bonds. The van der Waals surface area contributed by atoms with Gasteiger partial charge >= 0.3 is 0 Å². The number of carbonyl (C=O) groups is 2. The molecule has 1 saturated carbocycles. The summed E-state index contributed by atoms with van der Waals surface area (Å²) in [6.45, 7) is 4.66. The van der Waals surface area contributed by atoms with Gasteiger partial charge in [-0.1, -0.05) is 13.8 Å². The quantitative estimate of drug-likeness (QED) is 0.744. The van der Waals surface area contributed by atoms with Crippen LogP contribution >= 0.6 is 0 Å². The maximum absolute atomic E-state index is 13.4. The third-order valence-electron chi connectivity index (χ3n) is 6.34. The number of nitrogens with zero attached hydrogens (tertiary/aromatic N) is 2. The number of aliphatic hydroxyl groups is 1. The molecule has 1 fully saturated rings. The van der Waals surface area contributed by atoms with Crippen LogP contribution in [0.25, 0.3) is 5.69 Å². The summed E-state index contributed by atoms with van der Waals surface area (Å²) in [5, 5.41) is 12.1. The van der Waals surface area contributed by atoms with Crippen molar-refractivity contribution in [1.29, 1.82) is 0 Å². The summed E-state index contributed by atoms with van der Waals surface area (Å²) in [4.78, 5) is 40.5. The van der Waals surface area contributed by atoms with Gasteiger partial charge in [-0.25, -0.2) is 4.39 Å². The lowest BCUT2D eigenvalue weighted by molar-refractivity contribution is -0.132. The number of hydrogen-bond donors (Lipinski definition) is 2. The predicted molar refractivity (Wildman–Crippen MR) is 117 cm³/mol.